The molecule has 1 aliphatic rings. The summed E-state index contributed by atoms with van der Waals surface area (Å²) in [5, 5.41) is 10.5. The fourth-order valence-electron chi connectivity index (χ4n) is 3.51. The predicted molar refractivity (Wildman–Crippen MR) is 147 cm³/mol. The Hall–Kier alpha value is -1.72. The molecule has 0 amide bonds. The number of carboxylic acid groups (broad SMARTS) is 1. The maximum atomic E-state index is 12.8. The number of aromatic nitrogens is 1. The van der Waals surface area contributed by atoms with Crippen molar-refractivity contribution in [3.8, 4) is 0 Å². The number of halogens is 5. The van der Waals surface area contributed by atoms with Crippen molar-refractivity contribution in [1.29, 1.82) is 0 Å². The number of carbonyl (C=O) groups is 1. The number of hydrogen-bond donors (Lipinski definition) is 2. The molecular weight excluding hydrogens is 582 g/mol. The predicted octanol–water partition coefficient (Wildman–Crippen LogP) is 5.06. The SMILES string of the molecule is CN1CCN(c2cc(C(=O)O)c3cc(NS(=O)(=O)c4ccc(Cl)c(Cl)c4)ccc3n2)CC1.Cl.Cl.Cl. The van der Waals surface area contributed by atoms with E-state index in [4.69, 9.17) is 23.2 Å². The number of benzene rings is 2. The molecule has 8 nitrogen and oxygen atoms in total. The van der Waals surface area contributed by atoms with Crippen LogP contribution in [0.5, 0.6) is 0 Å². The number of rotatable bonds is 5. The Morgan fingerprint density at radius 2 is 1.63 bits per heavy atom. The van der Waals surface area contributed by atoms with Crippen molar-refractivity contribution in [1.82, 2.24) is 9.88 Å². The average molecular weight is 605 g/mol. The van der Waals surface area contributed by atoms with Crippen LogP contribution in [0.25, 0.3) is 10.9 Å². The standard InChI is InChI=1S/C21H20Cl2N4O4S.3ClH/c1-26-6-8-27(9-7-26)20-12-16(21(28)29)15-10-13(2-5-19(15)24-20)25-32(30,31)14-3-4-17(22)18(23)11-14;;;/h2-5,10-12,25H,6-9H2,1H3,(H,28,29);3*1H. The summed E-state index contributed by atoms with van der Waals surface area (Å²) >= 11 is 11.8. The van der Waals surface area contributed by atoms with Crippen LogP contribution in [0.4, 0.5) is 11.5 Å². The second-order valence-electron chi connectivity index (χ2n) is 7.54. The first kappa shape index (κ1) is 31.3. The van der Waals surface area contributed by atoms with E-state index in [0.717, 1.165) is 26.2 Å². The topological polar surface area (TPSA) is 103 Å². The highest BCUT2D eigenvalue weighted by molar-refractivity contribution is 7.92. The average Bonchev–Trinajstić information content (AvgIpc) is 2.75. The van der Waals surface area contributed by atoms with Crippen LogP contribution < -0.4 is 9.62 Å². The Bertz CT molecular complexity index is 1320. The van der Waals surface area contributed by atoms with E-state index in [0.29, 0.717) is 16.7 Å². The van der Waals surface area contributed by atoms with Gasteiger partial charge in [0, 0.05) is 37.3 Å². The number of sulfonamides is 1. The molecule has 1 aliphatic heterocycles. The molecule has 192 valence electrons. The van der Waals surface area contributed by atoms with E-state index in [1.807, 2.05) is 11.9 Å². The Labute approximate surface area is 231 Å². The molecule has 1 saturated heterocycles. The highest BCUT2D eigenvalue weighted by atomic mass is 35.5. The summed E-state index contributed by atoms with van der Waals surface area (Å²) < 4.78 is 28.0. The Balaban J connectivity index is 0.00000204. The van der Waals surface area contributed by atoms with E-state index in [-0.39, 0.29) is 63.4 Å². The van der Waals surface area contributed by atoms with Gasteiger partial charge in [0.15, 0.2) is 0 Å². The molecule has 2 aromatic carbocycles. The van der Waals surface area contributed by atoms with Crippen LogP contribution in [0, 0.1) is 0 Å². The van der Waals surface area contributed by atoms with Crippen LogP contribution >= 0.6 is 60.4 Å². The van der Waals surface area contributed by atoms with E-state index >= 15 is 0 Å². The van der Waals surface area contributed by atoms with Crippen molar-refractivity contribution in [2.45, 2.75) is 4.90 Å². The monoisotopic (exact) mass is 602 g/mol. The molecule has 1 aromatic heterocycles. The van der Waals surface area contributed by atoms with Crippen molar-refractivity contribution < 1.29 is 18.3 Å². The fourth-order valence-corrected chi connectivity index (χ4v) is 4.95. The molecule has 0 unspecified atom stereocenters. The van der Waals surface area contributed by atoms with Gasteiger partial charge in [-0.3, -0.25) is 4.72 Å². The minimum Gasteiger partial charge on any atom is -0.478 e. The van der Waals surface area contributed by atoms with Crippen LogP contribution in [0.2, 0.25) is 10.0 Å². The zero-order valence-corrected chi connectivity index (χ0v) is 23.1. The number of anilines is 2. The number of aromatic carboxylic acids is 1. The van der Waals surface area contributed by atoms with Crippen LogP contribution in [0.15, 0.2) is 47.4 Å². The van der Waals surface area contributed by atoms with Gasteiger partial charge in [-0.05, 0) is 49.5 Å². The third kappa shape index (κ3) is 6.95. The Kier molecular flexibility index (Phi) is 11.2. The first-order chi connectivity index (χ1) is 15.1. The zero-order chi connectivity index (χ0) is 23.0. The first-order valence-electron chi connectivity index (χ1n) is 9.73. The van der Waals surface area contributed by atoms with Crippen LogP contribution in [-0.2, 0) is 10.0 Å². The van der Waals surface area contributed by atoms with Gasteiger partial charge in [-0.25, -0.2) is 18.2 Å². The minimum absolute atomic E-state index is 0. The molecule has 1 fully saturated rings. The van der Waals surface area contributed by atoms with Crippen molar-refractivity contribution in [2.24, 2.45) is 0 Å². The summed E-state index contributed by atoms with van der Waals surface area (Å²) in [6.07, 6.45) is 0. The summed E-state index contributed by atoms with van der Waals surface area (Å²) in [6, 6.07) is 10.1. The van der Waals surface area contributed by atoms with E-state index in [2.05, 4.69) is 14.6 Å². The van der Waals surface area contributed by atoms with Crippen molar-refractivity contribution in [3.05, 3.63) is 58.1 Å². The fraction of sp³-hybridized carbons (Fsp3) is 0.238. The number of nitrogens with zero attached hydrogens (tertiary/aromatic N) is 3. The normalized spacial score (nSPS) is 13.9. The van der Waals surface area contributed by atoms with Gasteiger partial charge in [0.25, 0.3) is 10.0 Å². The minimum atomic E-state index is -3.96. The number of carboxylic acids is 1. The number of fused-ring (bicyclic) bond motifs is 1. The Morgan fingerprint density at radius 1 is 0.971 bits per heavy atom. The second-order valence-corrected chi connectivity index (χ2v) is 10.0. The lowest BCUT2D eigenvalue weighted by Gasteiger charge is -2.33. The van der Waals surface area contributed by atoms with Crippen molar-refractivity contribution >= 4 is 98.8 Å². The van der Waals surface area contributed by atoms with Crippen molar-refractivity contribution in [2.75, 3.05) is 42.8 Å². The molecule has 35 heavy (non-hydrogen) atoms. The van der Waals surface area contributed by atoms with Gasteiger partial charge in [0.1, 0.15) is 5.82 Å². The summed E-state index contributed by atoms with van der Waals surface area (Å²) in [7, 11) is -1.92. The molecule has 2 heterocycles. The lowest BCUT2D eigenvalue weighted by molar-refractivity contribution is 0.0699. The quantitative estimate of drug-likeness (QED) is 0.420. The third-order valence-electron chi connectivity index (χ3n) is 5.31. The van der Waals surface area contributed by atoms with Gasteiger partial charge in [-0.1, -0.05) is 23.2 Å². The number of piperazine rings is 1. The number of nitrogens with one attached hydrogen (secondary N) is 1. The lowest BCUT2D eigenvalue weighted by Crippen LogP contribution is -2.44. The molecular formula is C21H23Cl5N4O4S. The molecule has 0 atom stereocenters. The third-order valence-corrected chi connectivity index (χ3v) is 7.42. The molecule has 0 aliphatic carbocycles. The molecule has 0 radical (unpaired) electrons. The van der Waals surface area contributed by atoms with Crippen LogP contribution in [-0.4, -0.2) is 62.6 Å². The maximum Gasteiger partial charge on any atom is 0.336 e. The lowest BCUT2D eigenvalue weighted by atomic mass is 10.1. The molecule has 14 heteroatoms. The maximum absolute atomic E-state index is 12.8. The van der Waals surface area contributed by atoms with E-state index in [1.165, 1.54) is 30.3 Å². The Morgan fingerprint density at radius 3 is 2.23 bits per heavy atom. The van der Waals surface area contributed by atoms with Crippen LogP contribution in [0.1, 0.15) is 10.4 Å². The van der Waals surface area contributed by atoms with Gasteiger partial charge in [0.05, 0.1) is 26.0 Å². The van der Waals surface area contributed by atoms with Gasteiger partial charge in [-0.15, -0.1) is 37.2 Å². The highest BCUT2D eigenvalue weighted by Crippen LogP contribution is 2.29. The molecule has 0 saturated carbocycles. The number of likely N-dealkylation sites (N-methyl/N-ethyl adjacent to an activating group) is 1. The molecule has 0 bridgehead atoms. The van der Waals surface area contributed by atoms with Crippen LogP contribution in [0.3, 0.4) is 0 Å². The summed E-state index contributed by atoms with van der Waals surface area (Å²) in [5.74, 6) is -0.524. The smallest absolute Gasteiger partial charge is 0.336 e. The van der Waals surface area contributed by atoms with Gasteiger partial charge < -0.3 is 14.9 Å². The number of pyridine rings is 1. The second kappa shape index (κ2) is 12.5. The van der Waals surface area contributed by atoms with Gasteiger partial charge in [0.2, 0.25) is 0 Å². The molecule has 4 rings (SSSR count). The summed E-state index contributed by atoms with van der Waals surface area (Å²) in [5.41, 5.74) is 0.732. The molecule has 3 aromatic rings. The largest absolute Gasteiger partial charge is 0.478 e. The number of hydrogen-bond acceptors (Lipinski definition) is 6. The van der Waals surface area contributed by atoms with E-state index in [1.54, 1.807) is 12.1 Å². The van der Waals surface area contributed by atoms with Gasteiger partial charge >= 0.3 is 5.97 Å². The molecule has 2 N–H and O–H groups in total. The van der Waals surface area contributed by atoms with Gasteiger partial charge in [-0.2, -0.15) is 0 Å². The molecule has 0 spiro atoms. The van der Waals surface area contributed by atoms with E-state index in [9.17, 15) is 18.3 Å². The zero-order valence-electron chi connectivity index (χ0n) is 18.3. The summed E-state index contributed by atoms with van der Waals surface area (Å²) in [6.45, 7) is 3.21. The van der Waals surface area contributed by atoms with E-state index < -0.39 is 16.0 Å². The first-order valence-corrected chi connectivity index (χ1v) is 12.0. The summed E-state index contributed by atoms with van der Waals surface area (Å²) in [4.78, 5) is 20.8. The van der Waals surface area contributed by atoms with Crippen molar-refractivity contribution in [3.63, 3.8) is 0 Å². The highest BCUT2D eigenvalue weighted by Gasteiger charge is 2.21.